The molecule has 0 unspecified atom stereocenters. The van der Waals surface area contributed by atoms with Crippen molar-refractivity contribution in [3.05, 3.63) is 73.0 Å². The Morgan fingerprint density at radius 2 is 2.04 bits per heavy atom. The molecule has 3 rings (SSSR count). The molecular weight excluding hydrogens is 436 g/mol. The number of carbonyl (C=O) groups is 1. The lowest BCUT2D eigenvalue weighted by molar-refractivity contribution is -0.139. The summed E-state index contributed by atoms with van der Waals surface area (Å²) in [4.78, 5) is 23.8. The zero-order chi connectivity index (χ0) is 19.6. The number of methoxy groups -OCH3 is 1. The fourth-order valence-electron chi connectivity index (χ4n) is 2.71. The first-order chi connectivity index (χ1) is 12.9. The number of rotatable bonds is 5. The van der Waals surface area contributed by atoms with E-state index < -0.39 is 11.6 Å². The third-order valence-electron chi connectivity index (χ3n) is 4.17. The molecule has 0 spiro atoms. The molecule has 0 bridgehead atoms. The molecule has 0 saturated heterocycles. The number of benzene rings is 2. The zero-order valence-electron chi connectivity index (χ0n) is 14.7. The predicted molar refractivity (Wildman–Crippen MR) is 106 cm³/mol. The van der Waals surface area contributed by atoms with Gasteiger partial charge in [-0.25, -0.2) is 4.79 Å². The molecule has 0 fully saturated rings. The molecule has 0 radical (unpaired) electrons. The van der Waals surface area contributed by atoms with Crippen LogP contribution in [-0.4, -0.2) is 13.1 Å². The van der Waals surface area contributed by atoms with E-state index in [9.17, 15) is 9.59 Å². The second-order valence-corrected chi connectivity index (χ2v) is 7.27. The van der Waals surface area contributed by atoms with Gasteiger partial charge in [0.25, 0.3) is 0 Å². The highest BCUT2D eigenvalue weighted by Gasteiger charge is 2.17. The van der Waals surface area contributed by atoms with E-state index in [1.165, 1.54) is 7.11 Å². The number of esters is 1. The van der Waals surface area contributed by atoms with Gasteiger partial charge in [-0.3, -0.25) is 4.79 Å². The number of fused-ring (bicyclic) bond motifs is 1. The molecule has 1 heterocycles. The summed E-state index contributed by atoms with van der Waals surface area (Å²) in [6, 6.07) is 11.0. The summed E-state index contributed by atoms with van der Waals surface area (Å²) in [5.41, 5.74) is 1.62. The number of halogens is 2. The number of ether oxygens (including phenoxy) is 2. The minimum Gasteiger partial charge on any atom is -0.487 e. The van der Waals surface area contributed by atoms with Crippen LogP contribution in [0.25, 0.3) is 11.0 Å². The minimum absolute atomic E-state index is 0.153. The van der Waals surface area contributed by atoms with E-state index in [2.05, 4.69) is 20.7 Å². The first-order valence-corrected chi connectivity index (χ1v) is 9.26. The van der Waals surface area contributed by atoms with Crippen molar-refractivity contribution in [1.29, 1.82) is 0 Å². The smallest absolute Gasteiger partial charge is 0.340 e. The average molecular weight is 452 g/mol. The maximum Gasteiger partial charge on any atom is 0.340 e. The minimum atomic E-state index is -0.578. The van der Waals surface area contributed by atoms with Crippen LogP contribution in [-0.2, 0) is 22.6 Å². The fourth-order valence-corrected chi connectivity index (χ4v) is 3.37. The van der Waals surface area contributed by atoms with Crippen LogP contribution >= 0.6 is 27.5 Å². The normalized spacial score (nSPS) is 10.8. The third-order valence-corrected chi connectivity index (χ3v) is 4.96. The number of carbonyl (C=O) groups excluding carboxylic acids is 1. The molecule has 5 nitrogen and oxygen atoms in total. The molecule has 27 heavy (non-hydrogen) atoms. The molecule has 7 heteroatoms. The quantitative estimate of drug-likeness (QED) is 0.411. The van der Waals surface area contributed by atoms with Crippen molar-refractivity contribution >= 4 is 44.5 Å². The van der Waals surface area contributed by atoms with Gasteiger partial charge in [0.05, 0.1) is 24.1 Å². The van der Waals surface area contributed by atoms with Crippen LogP contribution in [0, 0.1) is 6.92 Å². The van der Waals surface area contributed by atoms with Gasteiger partial charge >= 0.3 is 11.6 Å². The van der Waals surface area contributed by atoms with Crippen LogP contribution in [0.1, 0.15) is 16.7 Å². The van der Waals surface area contributed by atoms with Crippen LogP contribution in [0.3, 0.4) is 0 Å². The van der Waals surface area contributed by atoms with Crippen molar-refractivity contribution in [3.8, 4) is 5.75 Å². The van der Waals surface area contributed by atoms with Gasteiger partial charge in [-0.05, 0) is 36.2 Å². The Morgan fingerprint density at radius 3 is 2.74 bits per heavy atom. The van der Waals surface area contributed by atoms with E-state index in [0.29, 0.717) is 33.9 Å². The van der Waals surface area contributed by atoms with Crippen molar-refractivity contribution < 1.29 is 18.7 Å². The summed E-state index contributed by atoms with van der Waals surface area (Å²) < 4.78 is 16.7. The Balaban J connectivity index is 1.95. The van der Waals surface area contributed by atoms with Crippen molar-refractivity contribution in [2.45, 2.75) is 20.0 Å². The lowest BCUT2D eigenvalue weighted by Gasteiger charge is -2.12. The van der Waals surface area contributed by atoms with Gasteiger partial charge in [0.1, 0.15) is 17.9 Å². The number of aryl methyl sites for hydroxylation is 1. The van der Waals surface area contributed by atoms with Crippen LogP contribution in [0.5, 0.6) is 5.75 Å². The Kier molecular flexibility index (Phi) is 5.87. The highest BCUT2D eigenvalue weighted by atomic mass is 79.9. The second-order valence-electron chi connectivity index (χ2n) is 5.94. The molecule has 3 aromatic rings. The molecule has 0 atom stereocenters. The lowest BCUT2D eigenvalue weighted by atomic mass is 10.0. The Labute approximate surface area is 169 Å². The van der Waals surface area contributed by atoms with Crippen molar-refractivity contribution in [2.75, 3.05) is 7.11 Å². The van der Waals surface area contributed by atoms with Gasteiger partial charge in [-0.2, -0.15) is 0 Å². The third kappa shape index (κ3) is 4.34. The summed E-state index contributed by atoms with van der Waals surface area (Å²) in [7, 11) is 1.27. The van der Waals surface area contributed by atoms with Crippen molar-refractivity contribution in [3.63, 3.8) is 0 Å². The van der Waals surface area contributed by atoms with Crippen LogP contribution in [0.15, 0.2) is 50.1 Å². The summed E-state index contributed by atoms with van der Waals surface area (Å²) in [5.74, 6) is -0.0998. The summed E-state index contributed by atoms with van der Waals surface area (Å²) >= 11 is 9.77. The Hall–Kier alpha value is -2.31. The standard InChI is InChI=1S/C20H16BrClO5/c1-11-14-7-16(22)18(26-10-12-4-3-5-13(21)6-12)9-17(14)27-20(24)15(11)8-19(23)25-2/h3-7,9H,8,10H2,1-2H3. The van der Waals surface area contributed by atoms with Gasteiger partial charge in [-0.15, -0.1) is 0 Å². The van der Waals surface area contributed by atoms with Gasteiger partial charge < -0.3 is 13.9 Å². The van der Waals surface area contributed by atoms with Gasteiger partial charge in [0, 0.05) is 15.9 Å². The SMILES string of the molecule is COC(=O)Cc1c(C)c2cc(Cl)c(OCc3cccc(Br)c3)cc2oc1=O. The summed E-state index contributed by atoms with van der Waals surface area (Å²) in [6.07, 6.45) is -0.153. The number of hydrogen-bond donors (Lipinski definition) is 0. The van der Waals surface area contributed by atoms with E-state index in [-0.39, 0.29) is 12.0 Å². The molecule has 0 aliphatic carbocycles. The first-order valence-electron chi connectivity index (χ1n) is 8.09. The zero-order valence-corrected chi connectivity index (χ0v) is 17.0. The molecule has 0 saturated carbocycles. The van der Waals surface area contributed by atoms with Crippen LogP contribution in [0.4, 0.5) is 0 Å². The summed E-state index contributed by atoms with van der Waals surface area (Å²) in [5, 5.41) is 1.03. The fraction of sp³-hybridized carbons (Fsp3) is 0.200. The molecule has 0 amide bonds. The van der Waals surface area contributed by atoms with E-state index in [4.69, 9.17) is 20.8 Å². The van der Waals surface area contributed by atoms with Gasteiger partial charge in [-0.1, -0.05) is 39.7 Å². The topological polar surface area (TPSA) is 65.7 Å². The highest BCUT2D eigenvalue weighted by Crippen LogP contribution is 2.32. The van der Waals surface area contributed by atoms with E-state index >= 15 is 0 Å². The van der Waals surface area contributed by atoms with E-state index in [1.807, 2.05) is 24.3 Å². The van der Waals surface area contributed by atoms with E-state index in [1.54, 1.807) is 19.1 Å². The molecule has 140 valence electrons. The molecule has 0 aliphatic heterocycles. The van der Waals surface area contributed by atoms with Crippen molar-refractivity contribution in [1.82, 2.24) is 0 Å². The predicted octanol–water partition coefficient (Wildman–Crippen LogP) is 4.81. The lowest BCUT2D eigenvalue weighted by Crippen LogP contribution is -2.16. The molecule has 2 aromatic carbocycles. The Bertz CT molecular complexity index is 1070. The maximum absolute atomic E-state index is 12.3. The summed E-state index contributed by atoms with van der Waals surface area (Å²) in [6.45, 7) is 2.06. The van der Waals surface area contributed by atoms with Crippen molar-refractivity contribution in [2.24, 2.45) is 0 Å². The molecule has 1 aromatic heterocycles. The number of hydrogen-bond acceptors (Lipinski definition) is 5. The van der Waals surface area contributed by atoms with Crippen LogP contribution < -0.4 is 10.4 Å². The average Bonchev–Trinajstić information content (AvgIpc) is 2.64. The Morgan fingerprint density at radius 1 is 1.26 bits per heavy atom. The highest BCUT2D eigenvalue weighted by molar-refractivity contribution is 9.10. The largest absolute Gasteiger partial charge is 0.487 e. The molecule has 0 aliphatic rings. The van der Waals surface area contributed by atoms with Gasteiger partial charge in [0.2, 0.25) is 0 Å². The van der Waals surface area contributed by atoms with Crippen LogP contribution in [0.2, 0.25) is 5.02 Å². The van der Waals surface area contributed by atoms with E-state index in [0.717, 1.165) is 10.0 Å². The second kappa shape index (κ2) is 8.15. The van der Waals surface area contributed by atoms with Gasteiger partial charge in [0.15, 0.2) is 0 Å². The molecule has 0 N–H and O–H groups in total. The monoisotopic (exact) mass is 450 g/mol. The first kappa shape index (κ1) is 19.5. The maximum atomic E-state index is 12.3. The molecular formula is C20H16BrClO5.